The van der Waals surface area contributed by atoms with E-state index in [0.29, 0.717) is 12.1 Å². The first kappa shape index (κ1) is 15.1. The van der Waals surface area contributed by atoms with Crippen LogP contribution in [0.1, 0.15) is 18.5 Å². The van der Waals surface area contributed by atoms with Gasteiger partial charge in [-0.2, -0.15) is 0 Å². The van der Waals surface area contributed by atoms with Crippen LogP contribution in [0.2, 0.25) is 0 Å². The summed E-state index contributed by atoms with van der Waals surface area (Å²) in [5, 5.41) is 3.60. The van der Waals surface area contributed by atoms with Crippen molar-refractivity contribution in [1.82, 2.24) is 5.32 Å². The minimum absolute atomic E-state index is 0.345. The lowest BCUT2D eigenvalue weighted by atomic mass is 10.0. The Kier molecular flexibility index (Phi) is 4.67. The molecule has 110 valence electrons. The summed E-state index contributed by atoms with van der Waals surface area (Å²) in [7, 11) is 0. The Morgan fingerprint density at radius 1 is 1.00 bits per heavy atom. The summed E-state index contributed by atoms with van der Waals surface area (Å²) < 4.78 is 2.26. The lowest BCUT2D eigenvalue weighted by molar-refractivity contribution is 0.416. The van der Waals surface area contributed by atoms with Gasteiger partial charge in [0.15, 0.2) is 0 Å². The van der Waals surface area contributed by atoms with Gasteiger partial charge < -0.3 is 10.2 Å². The van der Waals surface area contributed by atoms with Gasteiger partial charge in [-0.25, -0.2) is 0 Å². The molecule has 2 aromatic rings. The zero-order chi connectivity index (χ0) is 14.8. The monoisotopic (exact) mass is 408 g/mol. The van der Waals surface area contributed by atoms with Crippen LogP contribution in [-0.2, 0) is 0 Å². The summed E-state index contributed by atoms with van der Waals surface area (Å²) in [4.78, 5) is 2.49. The molecule has 2 aromatic carbocycles. The molecule has 1 aliphatic heterocycles. The molecule has 21 heavy (non-hydrogen) atoms. The van der Waals surface area contributed by atoms with Gasteiger partial charge in [-0.05, 0) is 56.5 Å². The van der Waals surface area contributed by atoms with Crippen molar-refractivity contribution in [2.45, 2.75) is 19.0 Å². The fourth-order valence-electron chi connectivity index (χ4n) is 2.89. The van der Waals surface area contributed by atoms with Crippen molar-refractivity contribution >= 4 is 37.5 Å². The Labute approximate surface area is 142 Å². The molecule has 2 unspecified atom stereocenters. The highest BCUT2D eigenvalue weighted by molar-refractivity contribution is 9.11. The van der Waals surface area contributed by atoms with Crippen LogP contribution in [0.5, 0.6) is 0 Å². The van der Waals surface area contributed by atoms with E-state index in [1.165, 1.54) is 11.3 Å². The van der Waals surface area contributed by atoms with Crippen LogP contribution in [0.15, 0.2) is 57.5 Å². The zero-order valence-electron chi connectivity index (χ0n) is 11.9. The fraction of sp³-hybridized carbons (Fsp3) is 0.294. The summed E-state index contributed by atoms with van der Waals surface area (Å²) in [6.45, 7) is 4.18. The third-order valence-corrected chi connectivity index (χ3v) is 5.20. The van der Waals surface area contributed by atoms with E-state index >= 15 is 0 Å². The number of para-hydroxylation sites is 1. The van der Waals surface area contributed by atoms with E-state index in [9.17, 15) is 0 Å². The van der Waals surface area contributed by atoms with Gasteiger partial charge in [-0.15, -0.1) is 0 Å². The summed E-state index contributed by atoms with van der Waals surface area (Å²) in [6.07, 6.45) is 0. The van der Waals surface area contributed by atoms with Crippen molar-refractivity contribution in [3.8, 4) is 0 Å². The van der Waals surface area contributed by atoms with Crippen molar-refractivity contribution in [3.05, 3.63) is 63.0 Å². The van der Waals surface area contributed by atoms with E-state index < -0.39 is 0 Å². The summed E-state index contributed by atoms with van der Waals surface area (Å²) >= 11 is 7.42. The number of benzene rings is 2. The van der Waals surface area contributed by atoms with E-state index in [0.717, 1.165) is 22.0 Å². The summed E-state index contributed by atoms with van der Waals surface area (Å²) in [5.74, 6) is 0. The van der Waals surface area contributed by atoms with Crippen molar-refractivity contribution in [2.75, 3.05) is 18.0 Å². The topological polar surface area (TPSA) is 15.3 Å². The molecule has 1 saturated heterocycles. The molecule has 2 nitrogen and oxygen atoms in total. The quantitative estimate of drug-likeness (QED) is 0.769. The smallest absolute Gasteiger partial charge is 0.0668 e. The van der Waals surface area contributed by atoms with Gasteiger partial charge in [0.05, 0.1) is 11.7 Å². The van der Waals surface area contributed by atoms with Gasteiger partial charge in [0.2, 0.25) is 0 Å². The largest absolute Gasteiger partial charge is 0.360 e. The number of anilines is 1. The van der Waals surface area contributed by atoms with Crippen LogP contribution in [0, 0.1) is 0 Å². The maximum Gasteiger partial charge on any atom is 0.0668 e. The van der Waals surface area contributed by atoms with Gasteiger partial charge in [-0.3, -0.25) is 0 Å². The maximum absolute atomic E-state index is 3.71. The Morgan fingerprint density at radius 3 is 2.33 bits per heavy atom. The zero-order valence-corrected chi connectivity index (χ0v) is 15.1. The summed E-state index contributed by atoms with van der Waals surface area (Å²) in [6, 6.07) is 17.8. The van der Waals surface area contributed by atoms with Crippen LogP contribution < -0.4 is 10.2 Å². The number of nitrogens with one attached hydrogen (secondary N) is 1. The lowest BCUT2D eigenvalue weighted by Gasteiger charge is -2.42. The Bertz CT molecular complexity index is 595. The number of hydrogen-bond donors (Lipinski definition) is 1. The molecule has 0 aliphatic carbocycles. The fourth-order valence-corrected chi connectivity index (χ4v) is 4.35. The van der Waals surface area contributed by atoms with Crippen LogP contribution in [0.25, 0.3) is 0 Å². The Balaban J connectivity index is 2.03. The highest BCUT2D eigenvalue weighted by Crippen LogP contribution is 2.39. The van der Waals surface area contributed by atoms with Crippen LogP contribution >= 0.6 is 31.9 Å². The molecule has 4 heteroatoms. The number of halogens is 2. The van der Waals surface area contributed by atoms with Crippen molar-refractivity contribution < 1.29 is 0 Å². The first-order valence-corrected chi connectivity index (χ1v) is 8.74. The first-order chi connectivity index (χ1) is 10.2. The third-order valence-electron chi connectivity index (χ3n) is 3.92. The highest BCUT2D eigenvalue weighted by Gasteiger charge is 2.29. The first-order valence-electron chi connectivity index (χ1n) is 7.16. The molecule has 0 saturated carbocycles. The van der Waals surface area contributed by atoms with E-state index in [2.05, 4.69) is 97.5 Å². The molecule has 0 bridgehead atoms. The van der Waals surface area contributed by atoms with E-state index in [-0.39, 0.29) is 0 Å². The SMILES string of the molecule is CC1CN(c2c(Br)cccc2Br)C(c2ccccc2)CN1. The molecule has 3 rings (SSSR count). The van der Waals surface area contributed by atoms with Crippen LogP contribution in [0.3, 0.4) is 0 Å². The number of piperazine rings is 1. The average Bonchev–Trinajstić information content (AvgIpc) is 2.48. The standard InChI is InChI=1S/C17H18Br2N2/c1-12-11-21(17-14(18)8-5-9-15(17)19)16(10-20-12)13-6-3-2-4-7-13/h2-9,12,16,20H,10-11H2,1H3. The maximum atomic E-state index is 3.71. The van der Waals surface area contributed by atoms with Gasteiger partial charge >= 0.3 is 0 Å². The third kappa shape index (κ3) is 3.17. The lowest BCUT2D eigenvalue weighted by Crippen LogP contribution is -2.51. The molecule has 1 aliphatic rings. The number of rotatable bonds is 2. The molecule has 0 aromatic heterocycles. The number of hydrogen-bond acceptors (Lipinski definition) is 2. The minimum atomic E-state index is 0.345. The van der Waals surface area contributed by atoms with Crippen molar-refractivity contribution in [1.29, 1.82) is 0 Å². The van der Waals surface area contributed by atoms with Crippen molar-refractivity contribution in [3.63, 3.8) is 0 Å². The Hall–Kier alpha value is -0.840. The highest BCUT2D eigenvalue weighted by atomic mass is 79.9. The minimum Gasteiger partial charge on any atom is -0.360 e. The van der Waals surface area contributed by atoms with Gasteiger partial charge in [-0.1, -0.05) is 36.4 Å². The molecular weight excluding hydrogens is 392 g/mol. The molecule has 1 N–H and O–H groups in total. The van der Waals surface area contributed by atoms with Crippen LogP contribution in [-0.4, -0.2) is 19.1 Å². The molecule has 1 heterocycles. The van der Waals surface area contributed by atoms with Gasteiger partial charge in [0.1, 0.15) is 0 Å². The predicted molar refractivity (Wildman–Crippen MR) is 95.8 cm³/mol. The molecular formula is C17H18Br2N2. The molecule has 1 fully saturated rings. The molecule has 0 radical (unpaired) electrons. The molecule has 0 amide bonds. The van der Waals surface area contributed by atoms with E-state index in [1.54, 1.807) is 0 Å². The number of nitrogens with zero attached hydrogens (tertiary/aromatic N) is 1. The van der Waals surface area contributed by atoms with Gasteiger partial charge in [0.25, 0.3) is 0 Å². The van der Waals surface area contributed by atoms with Crippen LogP contribution in [0.4, 0.5) is 5.69 Å². The average molecular weight is 410 g/mol. The van der Waals surface area contributed by atoms with Gasteiger partial charge in [0, 0.05) is 28.1 Å². The molecule has 0 spiro atoms. The second kappa shape index (κ2) is 6.51. The Morgan fingerprint density at radius 2 is 1.67 bits per heavy atom. The van der Waals surface area contributed by atoms with E-state index in [4.69, 9.17) is 0 Å². The normalized spacial score (nSPS) is 22.3. The second-order valence-corrected chi connectivity index (χ2v) is 7.17. The summed E-state index contributed by atoms with van der Waals surface area (Å²) in [5.41, 5.74) is 2.58. The van der Waals surface area contributed by atoms with E-state index in [1.807, 2.05) is 0 Å². The second-order valence-electron chi connectivity index (χ2n) is 5.46. The van der Waals surface area contributed by atoms with Crippen molar-refractivity contribution in [2.24, 2.45) is 0 Å². The molecule has 2 atom stereocenters. The predicted octanol–water partition coefficient (Wildman–Crippen LogP) is 4.75.